The van der Waals surface area contributed by atoms with Crippen molar-refractivity contribution < 1.29 is 4.79 Å². The van der Waals surface area contributed by atoms with Crippen LogP contribution in [0.5, 0.6) is 0 Å². The van der Waals surface area contributed by atoms with Gasteiger partial charge in [0.2, 0.25) is 5.91 Å². The van der Waals surface area contributed by atoms with E-state index in [2.05, 4.69) is 31.1 Å². The third kappa shape index (κ3) is 1.82. The van der Waals surface area contributed by atoms with Gasteiger partial charge in [0, 0.05) is 6.92 Å². The maximum absolute atomic E-state index is 10.7. The number of hydrazine groups is 1. The second-order valence-corrected chi connectivity index (χ2v) is 2.93. The normalized spacial score (nSPS) is 10.3. The molecule has 0 aliphatic carbocycles. The molecular weight excluding hydrogens is 198 g/mol. The maximum Gasteiger partial charge on any atom is 0.273 e. The predicted octanol–water partition coefficient (Wildman–Crippen LogP) is -0.709. The number of hydrogen-bond donors (Lipinski definition) is 2. The number of rotatable bonds is 2. The smallest absolute Gasteiger partial charge is 0.273 e. The third-order valence-corrected chi connectivity index (χ3v) is 1.68. The highest BCUT2D eigenvalue weighted by molar-refractivity contribution is 5.74. The Labute approximate surface area is 84.7 Å². The number of hydrogen-bond acceptors (Lipinski definition) is 6. The van der Waals surface area contributed by atoms with Gasteiger partial charge in [0.25, 0.3) is 5.78 Å². The Kier molecular flexibility index (Phi) is 2.16. The first-order valence-corrected chi connectivity index (χ1v) is 4.24. The minimum atomic E-state index is -0.211. The highest BCUT2D eigenvalue weighted by atomic mass is 16.2. The van der Waals surface area contributed by atoms with Crippen molar-refractivity contribution in [3.8, 4) is 0 Å². The molecule has 1 amide bonds. The van der Waals surface area contributed by atoms with Crippen LogP contribution >= 0.6 is 0 Å². The van der Waals surface area contributed by atoms with Crippen molar-refractivity contribution in [1.29, 1.82) is 0 Å². The Morgan fingerprint density at radius 2 is 2.33 bits per heavy atom. The molecule has 2 heterocycles. The summed E-state index contributed by atoms with van der Waals surface area (Å²) in [5.41, 5.74) is 5.69. The molecule has 78 valence electrons. The third-order valence-electron chi connectivity index (χ3n) is 1.68. The van der Waals surface area contributed by atoms with E-state index in [9.17, 15) is 4.79 Å². The van der Waals surface area contributed by atoms with Crippen molar-refractivity contribution in [1.82, 2.24) is 30.2 Å². The highest BCUT2D eigenvalue weighted by Gasteiger charge is 2.05. The molecular formula is C7H9N7O. The molecule has 0 fully saturated rings. The van der Waals surface area contributed by atoms with Crippen LogP contribution in [-0.4, -0.2) is 30.7 Å². The van der Waals surface area contributed by atoms with Crippen molar-refractivity contribution in [3.63, 3.8) is 0 Å². The van der Waals surface area contributed by atoms with E-state index in [1.165, 1.54) is 17.8 Å². The summed E-state index contributed by atoms with van der Waals surface area (Å²) in [7, 11) is 0. The molecule has 8 nitrogen and oxygen atoms in total. The number of nitrogens with one attached hydrogen (secondary N) is 2. The molecule has 0 aliphatic rings. The van der Waals surface area contributed by atoms with E-state index >= 15 is 0 Å². The summed E-state index contributed by atoms with van der Waals surface area (Å²) in [4.78, 5) is 14.8. The van der Waals surface area contributed by atoms with Gasteiger partial charge in [-0.1, -0.05) is 0 Å². The van der Waals surface area contributed by atoms with Crippen LogP contribution in [0.1, 0.15) is 12.6 Å². The molecule has 0 spiro atoms. The van der Waals surface area contributed by atoms with E-state index in [1.54, 1.807) is 6.92 Å². The van der Waals surface area contributed by atoms with E-state index in [0.717, 1.165) is 0 Å². The summed E-state index contributed by atoms with van der Waals surface area (Å²) in [5, 5.41) is 11.5. The molecule has 0 bridgehead atoms. The Bertz CT molecular complexity index is 505. The van der Waals surface area contributed by atoms with Gasteiger partial charge < -0.3 is 0 Å². The van der Waals surface area contributed by atoms with Crippen LogP contribution in [0.25, 0.3) is 5.78 Å². The van der Waals surface area contributed by atoms with Gasteiger partial charge in [-0.15, -0.1) is 10.2 Å². The van der Waals surface area contributed by atoms with E-state index in [0.29, 0.717) is 17.3 Å². The molecule has 15 heavy (non-hydrogen) atoms. The minimum absolute atomic E-state index is 0.211. The van der Waals surface area contributed by atoms with Crippen LogP contribution in [0.3, 0.4) is 0 Å². The van der Waals surface area contributed by atoms with Crippen LogP contribution in [0.2, 0.25) is 0 Å². The zero-order valence-electron chi connectivity index (χ0n) is 8.22. The zero-order chi connectivity index (χ0) is 10.8. The lowest BCUT2D eigenvalue weighted by Crippen LogP contribution is -2.28. The second kappa shape index (κ2) is 3.48. The lowest BCUT2D eigenvalue weighted by Gasteiger charge is -2.06. The number of aryl methyl sites for hydroxylation is 1. The first kappa shape index (κ1) is 9.31. The number of aromatic nitrogens is 5. The Hall–Kier alpha value is -2.25. The number of carbonyl (C=O) groups is 1. The Balaban J connectivity index is 2.33. The molecule has 2 N–H and O–H groups in total. The van der Waals surface area contributed by atoms with Crippen molar-refractivity contribution in [2.75, 3.05) is 5.43 Å². The molecule has 0 radical (unpaired) electrons. The molecule has 0 unspecified atom stereocenters. The zero-order valence-corrected chi connectivity index (χ0v) is 8.22. The van der Waals surface area contributed by atoms with Gasteiger partial charge in [-0.05, 0) is 6.92 Å². The van der Waals surface area contributed by atoms with Gasteiger partial charge in [-0.3, -0.25) is 15.6 Å². The summed E-state index contributed by atoms with van der Waals surface area (Å²) < 4.78 is 1.45. The fraction of sp³-hybridized carbons (Fsp3) is 0.286. The lowest BCUT2D eigenvalue weighted by atomic mass is 10.5. The van der Waals surface area contributed by atoms with Crippen LogP contribution in [0.4, 0.5) is 5.82 Å². The monoisotopic (exact) mass is 207 g/mol. The van der Waals surface area contributed by atoms with Gasteiger partial charge in [0.15, 0.2) is 5.82 Å². The van der Waals surface area contributed by atoms with Gasteiger partial charge >= 0.3 is 0 Å². The molecule has 2 aromatic heterocycles. The molecule has 0 atom stereocenters. The van der Waals surface area contributed by atoms with Crippen LogP contribution in [-0.2, 0) is 4.79 Å². The minimum Gasteiger partial charge on any atom is -0.280 e. The molecule has 0 aromatic carbocycles. The van der Waals surface area contributed by atoms with Crippen LogP contribution < -0.4 is 10.9 Å². The fourth-order valence-electron chi connectivity index (χ4n) is 1.02. The highest BCUT2D eigenvalue weighted by Crippen LogP contribution is 2.06. The fourth-order valence-corrected chi connectivity index (χ4v) is 1.02. The van der Waals surface area contributed by atoms with Gasteiger partial charge in [0.1, 0.15) is 12.0 Å². The number of carbonyl (C=O) groups excluding carboxylic acids is 1. The lowest BCUT2D eigenvalue weighted by molar-refractivity contribution is -0.118. The van der Waals surface area contributed by atoms with E-state index in [4.69, 9.17) is 0 Å². The van der Waals surface area contributed by atoms with Gasteiger partial charge in [-0.2, -0.15) is 14.6 Å². The van der Waals surface area contributed by atoms with E-state index < -0.39 is 0 Å². The summed E-state index contributed by atoms with van der Waals surface area (Å²) in [6.07, 6.45) is 1.46. The van der Waals surface area contributed by atoms with Gasteiger partial charge in [0.05, 0.1) is 0 Å². The Morgan fingerprint density at radius 3 is 3.07 bits per heavy atom. The number of anilines is 1. The second-order valence-electron chi connectivity index (χ2n) is 2.93. The summed E-state index contributed by atoms with van der Waals surface area (Å²) >= 11 is 0. The van der Waals surface area contributed by atoms with E-state index in [1.807, 2.05) is 0 Å². The topological polar surface area (TPSA) is 97.1 Å². The van der Waals surface area contributed by atoms with Crippen molar-refractivity contribution in [2.45, 2.75) is 13.8 Å². The number of fused-ring (bicyclic) bond motifs is 1. The predicted molar refractivity (Wildman–Crippen MR) is 50.8 cm³/mol. The van der Waals surface area contributed by atoms with Crippen LogP contribution in [0, 0.1) is 6.92 Å². The largest absolute Gasteiger partial charge is 0.280 e. The molecule has 2 aromatic rings. The Morgan fingerprint density at radius 1 is 1.53 bits per heavy atom. The first-order valence-electron chi connectivity index (χ1n) is 4.24. The van der Waals surface area contributed by atoms with Gasteiger partial charge in [-0.25, -0.2) is 0 Å². The van der Waals surface area contributed by atoms with Crippen molar-refractivity contribution >= 4 is 17.5 Å². The average molecular weight is 207 g/mol. The summed E-state index contributed by atoms with van der Waals surface area (Å²) in [6.45, 7) is 3.15. The standard InChI is InChI=1S/C7H9N7O/c1-4-6(11-10-5(2)15)9-7-12-8-3-14(7)13-4/h3H,1-2H3,(H,10,15)(H,9,11,12). The maximum atomic E-state index is 10.7. The van der Waals surface area contributed by atoms with Crippen molar-refractivity contribution in [2.24, 2.45) is 0 Å². The first-order chi connectivity index (χ1) is 7.16. The van der Waals surface area contributed by atoms with Crippen molar-refractivity contribution in [3.05, 3.63) is 12.0 Å². The summed E-state index contributed by atoms with van der Waals surface area (Å²) in [6, 6.07) is 0. The average Bonchev–Trinajstić information content (AvgIpc) is 2.60. The molecule has 0 saturated heterocycles. The van der Waals surface area contributed by atoms with E-state index in [-0.39, 0.29) is 5.91 Å². The summed E-state index contributed by atoms with van der Waals surface area (Å²) in [5.74, 6) is 0.608. The molecule has 2 rings (SSSR count). The molecule has 8 heteroatoms. The van der Waals surface area contributed by atoms with Crippen LogP contribution in [0.15, 0.2) is 6.33 Å². The number of nitrogens with zero attached hydrogens (tertiary/aromatic N) is 5. The quantitative estimate of drug-likeness (QED) is 0.631. The molecule has 0 aliphatic heterocycles. The molecule has 0 saturated carbocycles. The number of amides is 1. The SMILES string of the molecule is CC(=O)NNc1nc2nncn2nc1C.